The summed E-state index contributed by atoms with van der Waals surface area (Å²) in [4.78, 5) is 10.4. The summed E-state index contributed by atoms with van der Waals surface area (Å²) in [5.41, 5.74) is 0.783. The monoisotopic (exact) mass is 320 g/mol. The molecule has 2 nitrogen and oxygen atoms in total. The molecule has 0 aromatic carbocycles. The van der Waals surface area contributed by atoms with Gasteiger partial charge in [-0.1, -0.05) is 44.9 Å². The third-order valence-corrected chi connectivity index (χ3v) is 7.01. The van der Waals surface area contributed by atoms with E-state index in [-0.39, 0.29) is 0 Å². The Labute approximate surface area is 142 Å². The van der Waals surface area contributed by atoms with Crippen LogP contribution in [0.5, 0.6) is 0 Å². The Kier molecular flexibility index (Phi) is 6.04. The van der Waals surface area contributed by atoms with E-state index in [1.165, 1.54) is 44.9 Å². The van der Waals surface area contributed by atoms with Gasteiger partial charge in [-0.15, -0.1) is 0 Å². The zero-order chi connectivity index (χ0) is 16.1. The highest BCUT2D eigenvalue weighted by Crippen LogP contribution is 2.61. The molecule has 0 spiro atoms. The Balaban J connectivity index is 1.20. The molecular weight excluding hydrogens is 284 g/mol. The first-order chi connectivity index (χ1) is 11.2. The van der Waals surface area contributed by atoms with Crippen molar-refractivity contribution in [3.8, 4) is 0 Å². The molecule has 0 heterocycles. The minimum Gasteiger partial charge on any atom is -0.481 e. The van der Waals surface area contributed by atoms with E-state index in [4.69, 9.17) is 5.11 Å². The number of carbonyl (C=O) groups is 1. The fourth-order valence-electron chi connectivity index (χ4n) is 6.43. The lowest BCUT2D eigenvalue weighted by Crippen LogP contribution is -2.45. The van der Waals surface area contributed by atoms with Crippen LogP contribution in [0.1, 0.15) is 103 Å². The normalized spacial score (nSPS) is 34.9. The fraction of sp³-hybridized carbons (Fsp3) is 0.952. The molecule has 4 aliphatic carbocycles. The van der Waals surface area contributed by atoms with Crippen molar-refractivity contribution in [1.82, 2.24) is 0 Å². The summed E-state index contributed by atoms with van der Waals surface area (Å²) in [6.07, 6.45) is 21.4. The van der Waals surface area contributed by atoms with E-state index in [0.717, 1.165) is 36.0 Å². The van der Waals surface area contributed by atoms with Gasteiger partial charge in [-0.3, -0.25) is 4.79 Å². The number of aliphatic carboxylic acids is 1. The number of rotatable bonds is 11. The molecule has 0 aromatic rings. The molecule has 4 rings (SSSR count). The van der Waals surface area contributed by atoms with Gasteiger partial charge < -0.3 is 5.11 Å². The van der Waals surface area contributed by atoms with Crippen LogP contribution in [-0.4, -0.2) is 11.1 Å². The molecule has 4 fully saturated rings. The number of unbranched alkanes of at least 4 members (excludes halogenated alkanes) is 7. The SMILES string of the molecule is O=C(O)CCCCCCCCCCC12CC3CC(CC(C3)C1)C2. The lowest BCUT2D eigenvalue weighted by Gasteiger charge is -2.57. The van der Waals surface area contributed by atoms with E-state index in [1.807, 2.05) is 0 Å². The molecular formula is C21H36O2. The molecule has 132 valence electrons. The van der Waals surface area contributed by atoms with Gasteiger partial charge in [-0.05, 0) is 74.5 Å². The van der Waals surface area contributed by atoms with Crippen molar-refractivity contribution in [3.05, 3.63) is 0 Å². The Morgan fingerprint density at radius 1 is 0.739 bits per heavy atom. The van der Waals surface area contributed by atoms with Crippen LogP contribution >= 0.6 is 0 Å². The van der Waals surface area contributed by atoms with Crippen LogP contribution in [0.15, 0.2) is 0 Å². The average Bonchev–Trinajstić information content (AvgIpc) is 2.47. The topological polar surface area (TPSA) is 37.3 Å². The van der Waals surface area contributed by atoms with Gasteiger partial charge in [0, 0.05) is 6.42 Å². The van der Waals surface area contributed by atoms with Crippen LogP contribution in [0.3, 0.4) is 0 Å². The van der Waals surface area contributed by atoms with Crippen molar-refractivity contribution in [3.63, 3.8) is 0 Å². The summed E-state index contributed by atoms with van der Waals surface area (Å²) in [6.45, 7) is 0. The zero-order valence-corrected chi connectivity index (χ0v) is 14.9. The summed E-state index contributed by atoms with van der Waals surface area (Å²) in [6, 6.07) is 0. The molecule has 0 atom stereocenters. The van der Waals surface area contributed by atoms with Gasteiger partial charge in [0.15, 0.2) is 0 Å². The predicted octanol–water partition coefficient (Wildman–Crippen LogP) is 6.19. The minimum absolute atomic E-state index is 0.352. The molecule has 0 radical (unpaired) electrons. The van der Waals surface area contributed by atoms with Crippen LogP contribution in [0.2, 0.25) is 0 Å². The predicted molar refractivity (Wildman–Crippen MR) is 94.4 cm³/mol. The molecule has 0 amide bonds. The highest BCUT2D eigenvalue weighted by atomic mass is 16.4. The van der Waals surface area contributed by atoms with Crippen LogP contribution in [0.4, 0.5) is 0 Å². The molecule has 0 unspecified atom stereocenters. The maximum absolute atomic E-state index is 10.4. The van der Waals surface area contributed by atoms with Crippen LogP contribution in [-0.2, 0) is 4.79 Å². The Morgan fingerprint density at radius 3 is 1.65 bits per heavy atom. The van der Waals surface area contributed by atoms with Crippen molar-refractivity contribution >= 4 is 5.97 Å². The molecule has 23 heavy (non-hydrogen) atoms. The summed E-state index contributed by atoms with van der Waals surface area (Å²) < 4.78 is 0. The quantitative estimate of drug-likeness (QED) is 0.461. The smallest absolute Gasteiger partial charge is 0.303 e. The molecule has 0 aromatic heterocycles. The molecule has 2 heteroatoms. The van der Waals surface area contributed by atoms with Gasteiger partial charge in [-0.2, -0.15) is 0 Å². The van der Waals surface area contributed by atoms with Gasteiger partial charge in [-0.25, -0.2) is 0 Å². The Hall–Kier alpha value is -0.530. The van der Waals surface area contributed by atoms with E-state index in [1.54, 1.807) is 38.5 Å². The van der Waals surface area contributed by atoms with E-state index in [2.05, 4.69) is 0 Å². The first kappa shape index (κ1) is 17.3. The van der Waals surface area contributed by atoms with Crippen molar-refractivity contribution in [2.24, 2.45) is 23.2 Å². The maximum Gasteiger partial charge on any atom is 0.303 e. The molecule has 4 saturated carbocycles. The van der Waals surface area contributed by atoms with E-state index in [9.17, 15) is 4.79 Å². The van der Waals surface area contributed by atoms with Crippen molar-refractivity contribution < 1.29 is 9.90 Å². The van der Waals surface area contributed by atoms with Crippen LogP contribution < -0.4 is 0 Å². The van der Waals surface area contributed by atoms with E-state index >= 15 is 0 Å². The van der Waals surface area contributed by atoms with Gasteiger partial charge in [0.1, 0.15) is 0 Å². The lowest BCUT2D eigenvalue weighted by molar-refractivity contribution is -0.137. The van der Waals surface area contributed by atoms with Crippen molar-refractivity contribution in [2.75, 3.05) is 0 Å². The molecule has 4 aliphatic rings. The maximum atomic E-state index is 10.4. The average molecular weight is 321 g/mol. The van der Waals surface area contributed by atoms with Crippen molar-refractivity contribution in [1.29, 1.82) is 0 Å². The van der Waals surface area contributed by atoms with E-state index < -0.39 is 5.97 Å². The van der Waals surface area contributed by atoms with Crippen molar-refractivity contribution in [2.45, 2.75) is 103 Å². The summed E-state index contributed by atoms with van der Waals surface area (Å²) in [5.74, 6) is 2.67. The second-order valence-corrected chi connectivity index (χ2v) is 9.14. The summed E-state index contributed by atoms with van der Waals surface area (Å²) in [7, 11) is 0. The lowest BCUT2D eigenvalue weighted by atomic mass is 9.48. The Morgan fingerprint density at radius 2 is 1.17 bits per heavy atom. The zero-order valence-electron chi connectivity index (χ0n) is 14.9. The third-order valence-electron chi connectivity index (χ3n) is 7.01. The second kappa shape index (κ2) is 8.03. The molecule has 0 aliphatic heterocycles. The largest absolute Gasteiger partial charge is 0.481 e. The van der Waals surface area contributed by atoms with Crippen LogP contribution in [0.25, 0.3) is 0 Å². The van der Waals surface area contributed by atoms with Gasteiger partial charge in [0.25, 0.3) is 0 Å². The number of carboxylic acids is 1. The first-order valence-electron chi connectivity index (χ1n) is 10.4. The second-order valence-electron chi connectivity index (χ2n) is 9.14. The number of hydrogen-bond donors (Lipinski definition) is 1. The minimum atomic E-state index is -0.644. The standard InChI is InChI=1S/C21H36O2/c22-20(23)9-7-5-3-1-2-4-6-8-10-21-14-17-11-18(15-21)13-19(12-17)16-21/h17-19H,1-16H2,(H,22,23). The fourth-order valence-corrected chi connectivity index (χ4v) is 6.43. The van der Waals surface area contributed by atoms with Crippen LogP contribution in [0, 0.1) is 23.2 Å². The third kappa shape index (κ3) is 4.97. The molecule has 1 N–H and O–H groups in total. The molecule has 0 saturated heterocycles. The van der Waals surface area contributed by atoms with Gasteiger partial charge in [0.2, 0.25) is 0 Å². The van der Waals surface area contributed by atoms with Gasteiger partial charge >= 0.3 is 5.97 Å². The summed E-state index contributed by atoms with van der Waals surface area (Å²) in [5, 5.41) is 8.60. The highest BCUT2D eigenvalue weighted by Gasteiger charge is 2.50. The summed E-state index contributed by atoms with van der Waals surface area (Å²) >= 11 is 0. The highest BCUT2D eigenvalue weighted by molar-refractivity contribution is 5.66. The first-order valence-corrected chi connectivity index (χ1v) is 10.4. The Bertz CT molecular complexity index is 352. The van der Waals surface area contributed by atoms with Gasteiger partial charge in [0.05, 0.1) is 0 Å². The number of carboxylic acid groups (broad SMARTS) is 1. The number of hydrogen-bond acceptors (Lipinski definition) is 1. The van der Waals surface area contributed by atoms with E-state index in [0.29, 0.717) is 6.42 Å². The molecule has 4 bridgehead atoms.